The maximum Gasteiger partial charge on any atom is 0.136 e. The molecule has 1 heterocycles. The highest BCUT2D eigenvalue weighted by Gasteiger charge is 2.06. The molecule has 1 aromatic heterocycles. The Morgan fingerprint density at radius 2 is 2.08 bits per heavy atom. The van der Waals surface area contributed by atoms with Crippen molar-refractivity contribution in [3.8, 4) is 0 Å². The molecule has 0 N–H and O–H groups in total. The Balaban J connectivity index is 3.19. The molecule has 0 aliphatic rings. The van der Waals surface area contributed by atoms with Gasteiger partial charge in [-0.25, -0.2) is 9.97 Å². The number of hydrogen-bond donors (Lipinski definition) is 0. The van der Waals surface area contributed by atoms with Gasteiger partial charge in [-0.2, -0.15) is 0 Å². The first-order valence-corrected chi connectivity index (χ1v) is 5.36. The van der Waals surface area contributed by atoms with Crippen LogP contribution in [0.25, 0.3) is 0 Å². The van der Waals surface area contributed by atoms with Gasteiger partial charge in [-0.15, -0.1) is 11.8 Å². The van der Waals surface area contributed by atoms with Crippen LogP contribution in [0.3, 0.4) is 0 Å². The SMILES string of the molecule is CCc1nc(Cl)c(C)c(SC)n1. The van der Waals surface area contributed by atoms with Crippen LogP contribution in [0.15, 0.2) is 5.03 Å². The summed E-state index contributed by atoms with van der Waals surface area (Å²) in [5.74, 6) is 0.815. The topological polar surface area (TPSA) is 25.8 Å². The second-order valence-electron chi connectivity index (χ2n) is 2.42. The summed E-state index contributed by atoms with van der Waals surface area (Å²) in [6, 6.07) is 0. The van der Waals surface area contributed by atoms with E-state index >= 15 is 0 Å². The molecule has 1 aromatic rings. The van der Waals surface area contributed by atoms with E-state index in [2.05, 4.69) is 9.97 Å². The number of rotatable bonds is 2. The third-order valence-corrected chi connectivity index (χ3v) is 2.75. The summed E-state index contributed by atoms with van der Waals surface area (Å²) in [5.41, 5.74) is 0.973. The Morgan fingerprint density at radius 1 is 1.42 bits per heavy atom. The van der Waals surface area contributed by atoms with Crippen LogP contribution in [-0.2, 0) is 6.42 Å². The fraction of sp³-hybridized carbons (Fsp3) is 0.500. The summed E-state index contributed by atoms with van der Waals surface area (Å²) in [7, 11) is 0. The quantitative estimate of drug-likeness (QED) is 0.545. The molecule has 0 saturated carbocycles. The van der Waals surface area contributed by atoms with Gasteiger partial charge in [0.25, 0.3) is 0 Å². The van der Waals surface area contributed by atoms with E-state index in [9.17, 15) is 0 Å². The fourth-order valence-corrected chi connectivity index (χ4v) is 1.71. The Hall–Kier alpha value is -0.280. The first kappa shape index (κ1) is 9.81. The van der Waals surface area contributed by atoms with Crippen LogP contribution in [0, 0.1) is 6.92 Å². The van der Waals surface area contributed by atoms with Gasteiger partial charge < -0.3 is 0 Å². The summed E-state index contributed by atoms with van der Waals surface area (Å²) in [6.45, 7) is 3.96. The summed E-state index contributed by atoms with van der Waals surface area (Å²) < 4.78 is 0. The number of aromatic nitrogens is 2. The zero-order chi connectivity index (χ0) is 9.14. The van der Waals surface area contributed by atoms with E-state index in [0.29, 0.717) is 5.15 Å². The molecule has 0 aliphatic heterocycles. The third kappa shape index (κ3) is 1.90. The molecule has 1 rings (SSSR count). The van der Waals surface area contributed by atoms with Crippen molar-refractivity contribution in [3.63, 3.8) is 0 Å². The Bertz CT molecular complexity index is 289. The van der Waals surface area contributed by atoms with Crippen molar-refractivity contribution < 1.29 is 0 Å². The highest BCUT2D eigenvalue weighted by atomic mass is 35.5. The number of halogens is 1. The molecule has 0 amide bonds. The van der Waals surface area contributed by atoms with Gasteiger partial charge in [0.15, 0.2) is 0 Å². The van der Waals surface area contributed by atoms with E-state index in [1.165, 1.54) is 0 Å². The molecule has 0 fully saturated rings. The Morgan fingerprint density at radius 3 is 2.58 bits per heavy atom. The minimum atomic E-state index is 0.575. The van der Waals surface area contributed by atoms with Crippen molar-refractivity contribution in [2.24, 2.45) is 0 Å². The van der Waals surface area contributed by atoms with E-state index in [0.717, 1.165) is 22.8 Å². The fourth-order valence-electron chi connectivity index (χ4n) is 0.868. The van der Waals surface area contributed by atoms with Crippen LogP contribution in [0.5, 0.6) is 0 Å². The largest absolute Gasteiger partial charge is 0.226 e. The molecule has 66 valence electrons. The maximum atomic E-state index is 5.91. The molecule has 0 atom stereocenters. The minimum Gasteiger partial charge on any atom is -0.226 e. The lowest BCUT2D eigenvalue weighted by atomic mass is 10.3. The third-order valence-electron chi connectivity index (χ3n) is 1.60. The van der Waals surface area contributed by atoms with Crippen molar-refractivity contribution in [3.05, 3.63) is 16.5 Å². The summed E-state index contributed by atoms with van der Waals surface area (Å²) in [6.07, 6.45) is 2.82. The predicted octanol–water partition coefficient (Wildman–Crippen LogP) is 2.72. The van der Waals surface area contributed by atoms with E-state index in [-0.39, 0.29) is 0 Å². The number of aryl methyl sites for hydroxylation is 1. The lowest BCUT2D eigenvalue weighted by Gasteiger charge is -2.04. The van der Waals surface area contributed by atoms with E-state index < -0.39 is 0 Å². The molecule has 0 radical (unpaired) electrons. The van der Waals surface area contributed by atoms with E-state index in [1.54, 1.807) is 11.8 Å². The smallest absolute Gasteiger partial charge is 0.136 e. The van der Waals surface area contributed by atoms with Crippen LogP contribution in [0.1, 0.15) is 18.3 Å². The molecule has 12 heavy (non-hydrogen) atoms. The highest BCUT2D eigenvalue weighted by molar-refractivity contribution is 7.98. The van der Waals surface area contributed by atoms with Crippen LogP contribution in [0.2, 0.25) is 5.15 Å². The standard InChI is InChI=1S/C8H11ClN2S/c1-4-6-10-7(9)5(2)8(11-6)12-3/h4H2,1-3H3. The zero-order valence-corrected chi connectivity index (χ0v) is 8.96. The van der Waals surface area contributed by atoms with Crippen molar-refractivity contribution in [1.29, 1.82) is 0 Å². The van der Waals surface area contributed by atoms with Gasteiger partial charge in [0.2, 0.25) is 0 Å². The minimum absolute atomic E-state index is 0.575. The van der Waals surface area contributed by atoms with Crippen molar-refractivity contribution in [2.45, 2.75) is 25.3 Å². The first-order valence-electron chi connectivity index (χ1n) is 3.76. The van der Waals surface area contributed by atoms with Gasteiger partial charge in [0, 0.05) is 12.0 Å². The van der Waals surface area contributed by atoms with Gasteiger partial charge in [-0.3, -0.25) is 0 Å². The van der Waals surface area contributed by atoms with Crippen LogP contribution in [0.4, 0.5) is 0 Å². The Labute approximate surface area is 81.8 Å². The van der Waals surface area contributed by atoms with Crippen molar-refractivity contribution in [2.75, 3.05) is 6.26 Å². The molecule has 0 unspecified atom stereocenters. The molecular weight excluding hydrogens is 192 g/mol. The Kier molecular flexibility index (Phi) is 3.35. The summed E-state index contributed by atoms with van der Waals surface area (Å²) in [5, 5.41) is 1.55. The molecule has 2 nitrogen and oxygen atoms in total. The second kappa shape index (κ2) is 4.10. The van der Waals surface area contributed by atoms with Gasteiger partial charge in [0.1, 0.15) is 16.0 Å². The zero-order valence-electron chi connectivity index (χ0n) is 7.39. The van der Waals surface area contributed by atoms with E-state index in [4.69, 9.17) is 11.6 Å². The number of nitrogens with zero attached hydrogens (tertiary/aromatic N) is 2. The number of hydrogen-bond acceptors (Lipinski definition) is 3. The molecule has 4 heteroatoms. The van der Waals surface area contributed by atoms with Crippen LogP contribution in [-0.4, -0.2) is 16.2 Å². The molecule has 0 spiro atoms. The monoisotopic (exact) mass is 202 g/mol. The maximum absolute atomic E-state index is 5.91. The van der Waals surface area contributed by atoms with Crippen molar-refractivity contribution in [1.82, 2.24) is 9.97 Å². The normalized spacial score (nSPS) is 10.3. The number of thioether (sulfide) groups is 1. The first-order chi connectivity index (χ1) is 5.69. The predicted molar refractivity (Wildman–Crippen MR) is 52.9 cm³/mol. The molecule has 0 aromatic carbocycles. The second-order valence-corrected chi connectivity index (χ2v) is 3.57. The molecular formula is C8H11ClN2S. The highest BCUT2D eigenvalue weighted by Crippen LogP contribution is 2.22. The van der Waals surface area contributed by atoms with Crippen LogP contribution < -0.4 is 0 Å². The average Bonchev–Trinajstić information content (AvgIpc) is 2.09. The van der Waals surface area contributed by atoms with Gasteiger partial charge >= 0.3 is 0 Å². The molecule has 0 saturated heterocycles. The van der Waals surface area contributed by atoms with Crippen molar-refractivity contribution >= 4 is 23.4 Å². The van der Waals surface area contributed by atoms with E-state index in [1.807, 2.05) is 20.1 Å². The van der Waals surface area contributed by atoms with Gasteiger partial charge in [-0.05, 0) is 13.2 Å². The summed E-state index contributed by atoms with van der Waals surface area (Å²) >= 11 is 7.52. The molecule has 0 aliphatic carbocycles. The summed E-state index contributed by atoms with van der Waals surface area (Å²) in [4.78, 5) is 8.48. The average molecular weight is 203 g/mol. The lowest BCUT2D eigenvalue weighted by Crippen LogP contribution is -1.97. The van der Waals surface area contributed by atoms with Crippen LogP contribution >= 0.6 is 23.4 Å². The van der Waals surface area contributed by atoms with Gasteiger partial charge in [-0.1, -0.05) is 18.5 Å². The lowest BCUT2D eigenvalue weighted by molar-refractivity contribution is 0.873. The molecule has 0 bridgehead atoms. The van der Waals surface area contributed by atoms with Gasteiger partial charge in [0.05, 0.1) is 0 Å².